The first-order valence-electron chi connectivity index (χ1n) is 8.98. The summed E-state index contributed by atoms with van der Waals surface area (Å²) in [5, 5.41) is 10.9. The largest absolute Gasteiger partial charge is 0.377 e. The van der Waals surface area contributed by atoms with Gasteiger partial charge in [-0.1, -0.05) is 24.5 Å². The second-order valence-electron chi connectivity index (χ2n) is 8.29. The maximum atomic E-state index is 10.9. The fourth-order valence-corrected chi connectivity index (χ4v) is 6.56. The molecule has 0 amide bonds. The molecule has 4 aliphatic rings. The molecule has 122 valence electrons. The van der Waals surface area contributed by atoms with Crippen LogP contribution in [0.5, 0.6) is 0 Å². The average molecular weight is 340 g/mol. The van der Waals surface area contributed by atoms with Gasteiger partial charge in [-0.15, -0.1) is 6.42 Å². The molecule has 0 spiro atoms. The van der Waals surface area contributed by atoms with E-state index in [1.165, 1.54) is 38.5 Å². The third-order valence-corrected chi connectivity index (χ3v) is 7.77. The van der Waals surface area contributed by atoms with E-state index in [0.29, 0.717) is 5.92 Å². The third kappa shape index (κ3) is 2.09. The number of allylic oxidation sites excluding steroid dienone is 2. The van der Waals surface area contributed by atoms with E-state index in [0.717, 1.165) is 37.0 Å². The van der Waals surface area contributed by atoms with Crippen LogP contribution in [-0.4, -0.2) is 10.7 Å². The van der Waals surface area contributed by atoms with Crippen molar-refractivity contribution in [2.45, 2.75) is 70.3 Å². The van der Waals surface area contributed by atoms with Crippen LogP contribution in [0.2, 0.25) is 0 Å². The molecule has 6 atom stereocenters. The minimum Gasteiger partial charge on any atom is -0.377 e. The van der Waals surface area contributed by atoms with Crippen molar-refractivity contribution in [3.8, 4) is 12.3 Å². The summed E-state index contributed by atoms with van der Waals surface area (Å²) in [7, 11) is 0. The van der Waals surface area contributed by atoms with Crippen LogP contribution >= 0.6 is 0 Å². The summed E-state index contributed by atoms with van der Waals surface area (Å²) in [6.45, 7) is 2.28. The van der Waals surface area contributed by atoms with Gasteiger partial charge in [0.25, 0.3) is 0 Å². The van der Waals surface area contributed by atoms with E-state index in [2.05, 4.69) is 18.9 Å². The fraction of sp³-hybridized carbons (Fsp3) is 0.800. The molecule has 4 rings (SSSR count). The standard InChI is InChI=1S/C20H28O.Fe/c1-3-20(21)13-11-18-17-9-8-14-6-4-5-7-15(14)16(17)10-12-19(18,20)2;/h1,6,15-18,21H,4-5,7-13H2,2H3;/t15-,16+,17+,18-,19-,20-;/m0./s1. The maximum absolute atomic E-state index is 10.9. The Kier molecular flexibility index (Phi) is 4.31. The molecule has 0 unspecified atom stereocenters. The van der Waals surface area contributed by atoms with E-state index in [-0.39, 0.29) is 22.5 Å². The molecular weight excluding hydrogens is 312 g/mol. The minimum absolute atomic E-state index is 0. The van der Waals surface area contributed by atoms with Crippen molar-refractivity contribution in [1.82, 2.24) is 0 Å². The molecule has 0 aromatic heterocycles. The van der Waals surface area contributed by atoms with Crippen LogP contribution in [-0.2, 0) is 17.1 Å². The van der Waals surface area contributed by atoms with Gasteiger partial charge in [-0.2, -0.15) is 0 Å². The van der Waals surface area contributed by atoms with Gasteiger partial charge in [0.2, 0.25) is 0 Å². The van der Waals surface area contributed by atoms with Gasteiger partial charge in [0.1, 0.15) is 5.60 Å². The predicted octanol–water partition coefficient (Wildman–Crippen LogP) is 4.31. The number of fused-ring (bicyclic) bond motifs is 5. The van der Waals surface area contributed by atoms with Crippen LogP contribution in [0.1, 0.15) is 64.7 Å². The second-order valence-corrected chi connectivity index (χ2v) is 8.29. The van der Waals surface area contributed by atoms with Crippen molar-refractivity contribution >= 4 is 0 Å². The Morgan fingerprint density at radius 3 is 2.77 bits per heavy atom. The zero-order valence-corrected chi connectivity index (χ0v) is 14.7. The van der Waals surface area contributed by atoms with Gasteiger partial charge < -0.3 is 5.11 Å². The Balaban J connectivity index is 0.00000144. The van der Waals surface area contributed by atoms with Gasteiger partial charge >= 0.3 is 0 Å². The van der Waals surface area contributed by atoms with Gasteiger partial charge in [-0.25, -0.2) is 0 Å². The van der Waals surface area contributed by atoms with Crippen LogP contribution in [0.4, 0.5) is 0 Å². The first kappa shape index (κ1) is 16.6. The monoisotopic (exact) mass is 340 g/mol. The normalized spacial score (nSPS) is 49.8. The Morgan fingerprint density at radius 1 is 1.18 bits per heavy atom. The molecule has 0 saturated heterocycles. The zero-order chi connectivity index (χ0) is 14.7. The molecule has 0 aliphatic heterocycles. The molecule has 0 aromatic rings. The van der Waals surface area contributed by atoms with Gasteiger partial charge in [0.15, 0.2) is 0 Å². The van der Waals surface area contributed by atoms with Crippen LogP contribution in [0.15, 0.2) is 11.6 Å². The van der Waals surface area contributed by atoms with Crippen LogP contribution in [0.25, 0.3) is 0 Å². The zero-order valence-electron chi connectivity index (χ0n) is 13.6. The number of terminal acetylenes is 1. The quantitative estimate of drug-likeness (QED) is 0.396. The molecule has 2 heteroatoms. The van der Waals surface area contributed by atoms with E-state index in [1.54, 1.807) is 5.57 Å². The SMILES string of the molecule is C#C[C@]1(O)CC[C@H]2[C@@H]3CCC4=CCCC[C@@H]4[C@H]3CC[C@@]21C.[Fe]. The van der Waals surface area contributed by atoms with Gasteiger partial charge in [-0.05, 0) is 81.5 Å². The van der Waals surface area contributed by atoms with E-state index in [9.17, 15) is 5.11 Å². The molecule has 3 saturated carbocycles. The van der Waals surface area contributed by atoms with Gasteiger partial charge in [0, 0.05) is 22.5 Å². The van der Waals surface area contributed by atoms with E-state index < -0.39 is 5.60 Å². The van der Waals surface area contributed by atoms with Gasteiger partial charge in [0.05, 0.1) is 0 Å². The summed E-state index contributed by atoms with van der Waals surface area (Å²) in [5.74, 6) is 5.98. The smallest absolute Gasteiger partial charge is 0.130 e. The van der Waals surface area contributed by atoms with Crippen molar-refractivity contribution in [2.24, 2.45) is 29.1 Å². The van der Waals surface area contributed by atoms with Crippen molar-refractivity contribution < 1.29 is 22.2 Å². The molecule has 22 heavy (non-hydrogen) atoms. The Morgan fingerprint density at radius 2 is 2.00 bits per heavy atom. The fourth-order valence-electron chi connectivity index (χ4n) is 6.56. The second kappa shape index (κ2) is 5.70. The van der Waals surface area contributed by atoms with Gasteiger partial charge in [-0.3, -0.25) is 0 Å². The topological polar surface area (TPSA) is 20.2 Å². The van der Waals surface area contributed by atoms with E-state index in [4.69, 9.17) is 6.42 Å². The number of hydrogen-bond acceptors (Lipinski definition) is 1. The minimum atomic E-state index is -0.842. The maximum Gasteiger partial charge on any atom is 0.130 e. The van der Waals surface area contributed by atoms with Crippen LogP contribution in [0, 0.1) is 41.4 Å². The summed E-state index contributed by atoms with van der Waals surface area (Å²) < 4.78 is 0. The first-order chi connectivity index (χ1) is 10.1. The Hall–Kier alpha value is -0.221. The number of aliphatic hydroxyl groups is 1. The summed E-state index contributed by atoms with van der Waals surface area (Å²) in [5.41, 5.74) is 0.903. The predicted molar refractivity (Wildman–Crippen MR) is 85.5 cm³/mol. The molecule has 1 N–H and O–H groups in total. The molecule has 0 radical (unpaired) electrons. The molecular formula is C20H28FeO. The van der Waals surface area contributed by atoms with E-state index >= 15 is 0 Å². The molecule has 0 heterocycles. The summed E-state index contributed by atoms with van der Waals surface area (Å²) in [6.07, 6.45) is 19.4. The van der Waals surface area contributed by atoms with Crippen LogP contribution < -0.4 is 0 Å². The third-order valence-electron chi connectivity index (χ3n) is 7.77. The van der Waals surface area contributed by atoms with Crippen LogP contribution in [0.3, 0.4) is 0 Å². The van der Waals surface area contributed by atoms with Crippen molar-refractivity contribution in [3.05, 3.63) is 11.6 Å². The Labute approximate surface area is 145 Å². The number of hydrogen-bond donors (Lipinski definition) is 1. The summed E-state index contributed by atoms with van der Waals surface area (Å²) in [6, 6.07) is 0. The molecule has 4 aliphatic carbocycles. The average Bonchev–Trinajstić information content (AvgIpc) is 2.79. The van der Waals surface area contributed by atoms with Crippen molar-refractivity contribution in [2.75, 3.05) is 0 Å². The molecule has 0 aromatic carbocycles. The van der Waals surface area contributed by atoms with Crippen molar-refractivity contribution in [3.63, 3.8) is 0 Å². The molecule has 1 nitrogen and oxygen atoms in total. The summed E-state index contributed by atoms with van der Waals surface area (Å²) >= 11 is 0. The Bertz CT molecular complexity index is 518. The first-order valence-corrected chi connectivity index (χ1v) is 8.98. The van der Waals surface area contributed by atoms with E-state index in [1.807, 2.05) is 0 Å². The van der Waals surface area contributed by atoms with Crippen molar-refractivity contribution in [1.29, 1.82) is 0 Å². The molecule has 3 fully saturated rings. The molecule has 0 bridgehead atoms. The number of rotatable bonds is 0. The summed E-state index contributed by atoms with van der Waals surface area (Å²) in [4.78, 5) is 0.